The summed E-state index contributed by atoms with van der Waals surface area (Å²) < 4.78 is 0. The van der Waals surface area contributed by atoms with E-state index in [4.69, 9.17) is 0 Å². The Hall–Kier alpha value is -1.09. The van der Waals surface area contributed by atoms with Gasteiger partial charge in [0.1, 0.15) is 0 Å². The molecule has 0 bridgehead atoms. The average Bonchev–Trinajstić information content (AvgIpc) is 2.16. The maximum atomic E-state index is 11.6. The van der Waals surface area contributed by atoms with Gasteiger partial charge in [0.25, 0.3) is 0 Å². The Labute approximate surface area is 85.1 Å². The second kappa shape index (κ2) is 4.42. The fourth-order valence-corrected chi connectivity index (χ4v) is 1.29. The predicted molar refractivity (Wildman–Crippen MR) is 59.1 cm³/mol. The van der Waals surface area contributed by atoms with E-state index in [9.17, 15) is 9.82 Å². The normalized spacial score (nSPS) is 10.4. The summed E-state index contributed by atoms with van der Waals surface area (Å²) in [6.07, 6.45) is 0. The lowest BCUT2D eigenvalue weighted by Crippen LogP contribution is -2.27. The van der Waals surface area contributed by atoms with Gasteiger partial charge in [-0.2, -0.15) is 0 Å². The van der Waals surface area contributed by atoms with Gasteiger partial charge in [0.05, 0.1) is 0 Å². The summed E-state index contributed by atoms with van der Waals surface area (Å²) in [5, 5.41) is 9.36. The number of benzene rings is 1. The quantitative estimate of drug-likeness (QED) is 0.576. The van der Waals surface area contributed by atoms with Crippen LogP contribution < -0.4 is 5.46 Å². The molecular formula is C11H15BO2. The minimum atomic E-state index is -0.519. The van der Waals surface area contributed by atoms with Crippen molar-refractivity contribution in [3.8, 4) is 0 Å². The van der Waals surface area contributed by atoms with E-state index in [-0.39, 0.29) is 11.7 Å². The molecule has 0 spiro atoms. The number of hydrogen-bond donors (Lipinski definition) is 1. The van der Waals surface area contributed by atoms with E-state index in [1.165, 1.54) is 0 Å². The Morgan fingerprint density at radius 3 is 2.57 bits per heavy atom. The van der Waals surface area contributed by atoms with E-state index >= 15 is 0 Å². The third kappa shape index (κ3) is 2.45. The summed E-state index contributed by atoms with van der Waals surface area (Å²) in [5.74, 6) is 0.117. The molecule has 0 saturated carbocycles. The van der Waals surface area contributed by atoms with Gasteiger partial charge in [-0.25, -0.2) is 0 Å². The molecule has 1 aromatic rings. The van der Waals surface area contributed by atoms with Crippen LogP contribution in [0.4, 0.5) is 0 Å². The van der Waals surface area contributed by atoms with Crippen LogP contribution >= 0.6 is 0 Å². The SMILES string of the molecule is CB(O)c1cccc(C(=O)C(C)C)c1. The molecule has 0 unspecified atom stereocenters. The molecule has 0 aromatic heterocycles. The summed E-state index contributed by atoms with van der Waals surface area (Å²) >= 11 is 0. The van der Waals surface area contributed by atoms with Gasteiger partial charge >= 0.3 is 6.92 Å². The molecule has 1 aromatic carbocycles. The lowest BCUT2D eigenvalue weighted by Gasteiger charge is -2.06. The van der Waals surface area contributed by atoms with Gasteiger partial charge in [-0.1, -0.05) is 44.9 Å². The summed E-state index contributed by atoms with van der Waals surface area (Å²) in [6, 6.07) is 7.17. The van der Waals surface area contributed by atoms with Crippen molar-refractivity contribution in [2.75, 3.05) is 0 Å². The van der Waals surface area contributed by atoms with E-state index in [1.54, 1.807) is 25.0 Å². The first kappa shape index (κ1) is 11.0. The van der Waals surface area contributed by atoms with Gasteiger partial charge in [0.15, 0.2) is 5.78 Å². The van der Waals surface area contributed by atoms with Gasteiger partial charge in [0, 0.05) is 11.5 Å². The minimum absolute atomic E-state index is 0.000695. The molecule has 0 fully saturated rings. The summed E-state index contributed by atoms with van der Waals surface area (Å²) in [4.78, 5) is 11.6. The zero-order chi connectivity index (χ0) is 10.7. The van der Waals surface area contributed by atoms with Crippen LogP contribution in [0.5, 0.6) is 0 Å². The Bertz CT molecular complexity index is 332. The molecule has 0 atom stereocenters. The largest absolute Gasteiger partial charge is 0.447 e. The Kier molecular flexibility index (Phi) is 3.47. The standard InChI is InChI=1S/C11H15BO2/c1-8(2)11(13)9-5-4-6-10(7-9)12(3)14/h4-8,14H,1-3H3. The van der Waals surface area contributed by atoms with Crippen molar-refractivity contribution >= 4 is 18.2 Å². The van der Waals surface area contributed by atoms with Crippen molar-refractivity contribution in [3.63, 3.8) is 0 Å². The van der Waals surface area contributed by atoms with E-state index in [1.807, 2.05) is 19.9 Å². The highest BCUT2D eigenvalue weighted by molar-refractivity contribution is 6.64. The van der Waals surface area contributed by atoms with Crippen LogP contribution in [0.15, 0.2) is 24.3 Å². The lowest BCUT2D eigenvalue weighted by molar-refractivity contribution is 0.0939. The first-order chi connectivity index (χ1) is 6.52. The molecule has 1 rings (SSSR count). The number of hydrogen-bond acceptors (Lipinski definition) is 2. The first-order valence-corrected chi connectivity index (χ1v) is 4.84. The van der Waals surface area contributed by atoms with Crippen molar-refractivity contribution in [1.82, 2.24) is 0 Å². The third-order valence-electron chi connectivity index (χ3n) is 2.18. The van der Waals surface area contributed by atoms with Crippen molar-refractivity contribution in [2.24, 2.45) is 5.92 Å². The van der Waals surface area contributed by atoms with Crippen molar-refractivity contribution in [1.29, 1.82) is 0 Å². The summed E-state index contributed by atoms with van der Waals surface area (Å²) in [7, 11) is 0. The molecule has 0 amide bonds. The van der Waals surface area contributed by atoms with Crippen LogP contribution in [0.2, 0.25) is 6.82 Å². The van der Waals surface area contributed by atoms with Crippen molar-refractivity contribution < 1.29 is 9.82 Å². The minimum Gasteiger partial charge on any atom is -0.447 e. The molecule has 1 N–H and O–H groups in total. The van der Waals surface area contributed by atoms with E-state index in [0.717, 1.165) is 5.46 Å². The highest BCUT2D eigenvalue weighted by atomic mass is 16.2. The van der Waals surface area contributed by atoms with E-state index in [2.05, 4.69) is 0 Å². The summed E-state index contributed by atoms with van der Waals surface area (Å²) in [5.41, 5.74) is 1.47. The number of carbonyl (C=O) groups excluding carboxylic acids is 1. The topological polar surface area (TPSA) is 37.3 Å². The highest BCUT2D eigenvalue weighted by Gasteiger charge is 2.13. The first-order valence-electron chi connectivity index (χ1n) is 4.84. The number of ketones is 1. The molecular weight excluding hydrogens is 175 g/mol. The number of carbonyl (C=O) groups is 1. The van der Waals surface area contributed by atoms with Gasteiger partial charge in [-0.3, -0.25) is 4.79 Å². The Morgan fingerprint density at radius 2 is 2.07 bits per heavy atom. The monoisotopic (exact) mass is 190 g/mol. The third-order valence-corrected chi connectivity index (χ3v) is 2.18. The molecule has 3 heteroatoms. The molecule has 0 aliphatic rings. The van der Waals surface area contributed by atoms with Crippen LogP contribution in [0, 0.1) is 5.92 Å². The van der Waals surface area contributed by atoms with Crippen LogP contribution in [0.3, 0.4) is 0 Å². The molecule has 2 nitrogen and oxygen atoms in total. The van der Waals surface area contributed by atoms with E-state index in [0.29, 0.717) is 5.56 Å². The second-order valence-corrected chi connectivity index (χ2v) is 3.82. The molecule has 0 aliphatic carbocycles. The zero-order valence-electron chi connectivity index (χ0n) is 8.82. The van der Waals surface area contributed by atoms with Crippen LogP contribution in [0.1, 0.15) is 24.2 Å². The molecule has 0 heterocycles. The average molecular weight is 190 g/mol. The molecule has 0 radical (unpaired) electrons. The van der Waals surface area contributed by atoms with Crippen LogP contribution in [-0.2, 0) is 0 Å². The Balaban J connectivity index is 3.00. The molecule has 74 valence electrons. The zero-order valence-corrected chi connectivity index (χ0v) is 8.82. The summed E-state index contributed by atoms with van der Waals surface area (Å²) in [6.45, 7) is 4.92. The number of Topliss-reactive ketones (excluding diaryl/α,β-unsaturated/α-hetero) is 1. The molecule has 0 aliphatic heterocycles. The maximum absolute atomic E-state index is 11.6. The number of rotatable bonds is 3. The van der Waals surface area contributed by atoms with Gasteiger partial charge in [-0.15, -0.1) is 0 Å². The van der Waals surface area contributed by atoms with Crippen LogP contribution in [0.25, 0.3) is 0 Å². The lowest BCUT2D eigenvalue weighted by atomic mass is 9.64. The van der Waals surface area contributed by atoms with Crippen molar-refractivity contribution in [2.45, 2.75) is 20.7 Å². The smallest absolute Gasteiger partial charge is 0.320 e. The van der Waals surface area contributed by atoms with E-state index < -0.39 is 6.92 Å². The molecule has 14 heavy (non-hydrogen) atoms. The Morgan fingerprint density at radius 1 is 1.43 bits per heavy atom. The van der Waals surface area contributed by atoms with Gasteiger partial charge in [-0.05, 0) is 5.46 Å². The fourth-order valence-electron chi connectivity index (χ4n) is 1.29. The highest BCUT2D eigenvalue weighted by Crippen LogP contribution is 2.06. The van der Waals surface area contributed by atoms with Crippen LogP contribution in [-0.4, -0.2) is 17.7 Å². The second-order valence-electron chi connectivity index (χ2n) is 3.82. The fraction of sp³-hybridized carbons (Fsp3) is 0.364. The molecule has 0 saturated heterocycles. The maximum Gasteiger partial charge on any atom is 0.320 e. The predicted octanol–water partition coefficient (Wildman–Crippen LogP) is 1.35. The van der Waals surface area contributed by atoms with Gasteiger partial charge < -0.3 is 5.02 Å². The van der Waals surface area contributed by atoms with Crippen molar-refractivity contribution in [3.05, 3.63) is 29.8 Å². The van der Waals surface area contributed by atoms with Gasteiger partial charge in [0.2, 0.25) is 0 Å².